The Labute approximate surface area is 144 Å². The van der Waals surface area contributed by atoms with Gasteiger partial charge in [0.1, 0.15) is 0 Å². The van der Waals surface area contributed by atoms with Crippen LogP contribution < -0.4 is 15.1 Å². The molecule has 0 saturated heterocycles. The van der Waals surface area contributed by atoms with Crippen LogP contribution in [0.4, 0.5) is 16.2 Å². The zero-order valence-corrected chi connectivity index (χ0v) is 15.0. The van der Waals surface area contributed by atoms with E-state index in [1.54, 1.807) is 0 Å². The minimum absolute atomic E-state index is 0.0386. The number of hydrogen-bond donors (Lipinski definition) is 1. The maximum atomic E-state index is 12.7. The number of anilines is 2. The fourth-order valence-electron chi connectivity index (χ4n) is 3.42. The molecule has 0 aromatic heterocycles. The van der Waals surface area contributed by atoms with Gasteiger partial charge >= 0.3 is 6.03 Å². The normalized spacial score (nSPS) is 16.8. The van der Waals surface area contributed by atoms with Gasteiger partial charge in [0.2, 0.25) is 0 Å². The second-order valence-corrected chi connectivity index (χ2v) is 6.85. The van der Waals surface area contributed by atoms with Gasteiger partial charge in [0.15, 0.2) is 0 Å². The molecule has 1 heterocycles. The van der Waals surface area contributed by atoms with Crippen molar-refractivity contribution < 1.29 is 4.79 Å². The van der Waals surface area contributed by atoms with Crippen LogP contribution in [0.1, 0.15) is 36.6 Å². The van der Waals surface area contributed by atoms with Crippen LogP contribution >= 0.6 is 0 Å². The summed E-state index contributed by atoms with van der Waals surface area (Å²) in [4.78, 5) is 16.7. The van der Waals surface area contributed by atoms with E-state index >= 15 is 0 Å². The fourth-order valence-corrected chi connectivity index (χ4v) is 3.42. The van der Waals surface area contributed by atoms with Crippen LogP contribution in [0.15, 0.2) is 42.5 Å². The van der Waals surface area contributed by atoms with Crippen LogP contribution in [0.5, 0.6) is 0 Å². The lowest BCUT2D eigenvalue weighted by Gasteiger charge is -2.38. The third-order valence-electron chi connectivity index (χ3n) is 4.53. The lowest BCUT2D eigenvalue weighted by molar-refractivity contribution is 0.241. The summed E-state index contributed by atoms with van der Waals surface area (Å²) in [7, 11) is 4.10. The number of carbonyl (C=O) groups is 1. The Morgan fingerprint density at radius 2 is 1.79 bits per heavy atom. The minimum Gasteiger partial charge on any atom is -0.377 e. The highest BCUT2D eigenvalue weighted by Gasteiger charge is 2.33. The molecule has 4 heteroatoms. The summed E-state index contributed by atoms with van der Waals surface area (Å²) in [5.74, 6) is 0. The lowest BCUT2D eigenvalue weighted by Crippen LogP contribution is -2.50. The van der Waals surface area contributed by atoms with Crippen molar-refractivity contribution in [3.63, 3.8) is 0 Å². The van der Waals surface area contributed by atoms with Crippen LogP contribution in [0, 0.1) is 6.92 Å². The van der Waals surface area contributed by atoms with E-state index in [9.17, 15) is 4.79 Å². The Bertz CT molecular complexity index is 753. The molecule has 1 N–H and O–H groups in total. The van der Waals surface area contributed by atoms with Gasteiger partial charge < -0.3 is 10.2 Å². The second-order valence-electron chi connectivity index (χ2n) is 6.85. The standard InChI is InChI=1S/C20H25N3O/c1-13(2)23-18-11-14(3)17(22(4)5)12-16(18)19(21-20(23)24)15-9-7-6-8-10-15/h6-13,19H,1-5H3,(H,21,24). The number of carbonyl (C=O) groups excluding carboxylic acids is 1. The zero-order valence-electron chi connectivity index (χ0n) is 15.0. The highest BCUT2D eigenvalue weighted by atomic mass is 16.2. The van der Waals surface area contributed by atoms with Crippen LogP contribution in [0.25, 0.3) is 0 Å². The Kier molecular flexibility index (Phi) is 4.22. The number of hydrogen-bond acceptors (Lipinski definition) is 2. The molecule has 2 aromatic rings. The molecule has 4 nitrogen and oxygen atoms in total. The predicted molar refractivity (Wildman–Crippen MR) is 99.9 cm³/mol. The molecule has 1 aliphatic rings. The Hall–Kier alpha value is -2.49. The molecule has 0 spiro atoms. The van der Waals surface area contributed by atoms with E-state index in [1.807, 2.05) is 51.0 Å². The van der Waals surface area contributed by atoms with E-state index in [0.29, 0.717) is 0 Å². The van der Waals surface area contributed by atoms with E-state index < -0.39 is 0 Å². The van der Waals surface area contributed by atoms with Crippen molar-refractivity contribution in [3.05, 3.63) is 59.2 Å². The number of nitrogens with zero attached hydrogens (tertiary/aromatic N) is 2. The molecule has 2 amide bonds. The number of amides is 2. The van der Waals surface area contributed by atoms with Crippen molar-refractivity contribution >= 4 is 17.4 Å². The largest absolute Gasteiger partial charge is 0.377 e. The molecule has 2 aromatic carbocycles. The Morgan fingerprint density at radius 3 is 2.38 bits per heavy atom. The number of aryl methyl sites for hydroxylation is 1. The molecule has 0 aliphatic carbocycles. The number of fused-ring (bicyclic) bond motifs is 1. The summed E-state index contributed by atoms with van der Waals surface area (Å²) in [6.07, 6.45) is 0. The average Bonchev–Trinajstić information content (AvgIpc) is 2.53. The lowest BCUT2D eigenvalue weighted by atomic mass is 9.92. The number of rotatable bonds is 3. The van der Waals surface area contributed by atoms with Crippen molar-refractivity contribution in [1.29, 1.82) is 0 Å². The monoisotopic (exact) mass is 323 g/mol. The minimum atomic E-state index is -0.122. The Morgan fingerprint density at radius 1 is 1.12 bits per heavy atom. The van der Waals surface area contributed by atoms with Gasteiger partial charge in [0.05, 0.1) is 11.7 Å². The van der Waals surface area contributed by atoms with Crippen molar-refractivity contribution in [2.45, 2.75) is 32.9 Å². The van der Waals surface area contributed by atoms with Gasteiger partial charge in [-0.15, -0.1) is 0 Å². The molecule has 0 fully saturated rings. The molecule has 3 rings (SSSR count). The topological polar surface area (TPSA) is 35.6 Å². The highest BCUT2D eigenvalue weighted by molar-refractivity contribution is 5.97. The van der Waals surface area contributed by atoms with Crippen LogP contribution in [-0.2, 0) is 0 Å². The van der Waals surface area contributed by atoms with Crippen molar-refractivity contribution in [3.8, 4) is 0 Å². The van der Waals surface area contributed by atoms with Crippen molar-refractivity contribution in [2.75, 3.05) is 23.9 Å². The van der Waals surface area contributed by atoms with E-state index in [4.69, 9.17) is 0 Å². The summed E-state index contributed by atoms with van der Waals surface area (Å²) >= 11 is 0. The van der Waals surface area contributed by atoms with Crippen molar-refractivity contribution in [2.24, 2.45) is 0 Å². The predicted octanol–water partition coefficient (Wildman–Crippen LogP) is 4.09. The average molecular weight is 323 g/mol. The Balaban J connectivity index is 2.22. The SMILES string of the molecule is Cc1cc2c(cc1N(C)C)C(c1ccccc1)NC(=O)N2C(C)C. The molecular weight excluding hydrogens is 298 g/mol. The van der Waals surface area contributed by atoms with Crippen LogP contribution in [0.3, 0.4) is 0 Å². The first kappa shape index (κ1) is 16.4. The van der Waals surface area contributed by atoms with Gasteiger partial charge in [-0.1, -0.05) is 30.3 Å². The van der Waals surface area contributed by atoms with Crippen LogP contribution in [-0.4, -0.2) is 26.2 Å². The van der Waals surface area contributed by atoms with Gasteiger partial charge in [-0.25, -0.2) is 4.79 Å². The first-order valence-electron chi connectivity index (χ1n) is 8.36. The molecule has 0 bridgehead atoms. The molecule has 24 heavy (non-hydrogen) atoms. The van der Waals surface area contributed by atoms with Crippen molar-refractivity contribution in [1.82, 2.24) is 5.32 Å². The molecule has 1 aliphatic heterocycles. The zero-order chi connectivity index (χ0) is 17.4. The quantitative estimate of drug-likeness (QED) is 0.923. The fraction of sp³-hybridized carbons (Fsp3) is 0.350. The summed E-state index contributed by atoms with van der Waals surface area (Å²) in [6.45, 7) is 6.18. The number of nitrogens with one attached hydrogen (secondary N) is 1. The molecule has 1 atom stereocenters. The molecule has 1 unspecified atom stereocenters. The summed E-state index contributed by atoms with van der Waals surface area (Å²) in [5.41, 5.74) is 5.60. The van der Waals surface area contributed by atoms with Gasteiger partial charge in [0, 0.05) is 31.4 Å². The first-order valence-corrected chi connectivity index (χ1v) is 8.36. The van der Waals surface area contributed by atoms with Gasteiger partial charge in [-0.2, -0.15) is 0 Å². The van der Waals surface area contributed by atoms with E-state index in [0.717, 1.165) is 16.8 Å². The van der Waals surface area contributed by atoms with Gasteiger partial charge in [0.25, 0.3) is 0 Å². The number of benzene rings is 2. The smallest absolute Gasteiger partial charge is 0.322 e. The second kappa shape index (κ2) is 6.19. The summed E-state index contributed by atoms with van der Waals surface area (Å²) in [5, 5.41) is 3.17. The summed E-state index contributed by atoms with van der Waals surface area (Å²) < 4.78 is 0. The van der Waals surface area contributed by atoms with Crippen LogP contribution in [0.2, 0.25) is 0 Å². The van der Waals surface area contributed by atoms with Gasteiger partial charge in [-0.3, -0.25) is 4.90 Å². The van der Waals surface area contributed by atoms with E-state index in [2.05, 4.69) is 41.4 Å². The third-order valence-corrected chi connectivity index (χ3v) is 4.53. The van der Waals surface area contributed by atoms with E-state index in [-0.39, 0.29) is 18.1 Å². The molecule has 126 valence electrons. The molecule has 0 saturated carbocycles. The molecular formula is C20H25N3O. The van der Waals surface area contributed by atoms with Gasteiger partial charge in [-0.05, 0) is 44.0 Å². The maximum absolute atomic E-state index is 12.7. The maximum Gasteiger partial charge on any atom is 0.322 e. The first-order chi connectivity index (χ1) is 11.4. The third kappa shape index (κ3) is 2.73. The van der Waals surface area contributed by atoms with E-state index in [1.165, 1.54) is 11.3 Å². The molecule has 0 radical (unpaired) electrons. The highest BCUT2D eigenvalue weighted by Crippen LogP contribution is 2.39. The summed E-state index contributed by atoms with van der Waals surface area (Å²) in [6, 6.07) is 14.4. The number of urea groups is 1.